The molecule has 0 aliphatic carbocycles. The van der Waals surface area contributed by atoms with Crippen LogP contribution in [0.5, 0.6) is 0 Å². The number of aliphatic hydroxyl groups is 5. The van der Waals surface area contributed by atoms with E-state index in [1.54, 1.807) is 6.08 Å². The first-order chi connectivity index (χ1) is 27.8. The molecular formula is C48H93NO8. The number of allylic oxidation sites excluding steroid dienone is 1. The van der Waals surface area contributed by atoms with Crippen molar-refractivity contribution in [3.8, 4) is 0 Å². The average molecular weight is 812 g/mol. The number of rotatable bonds is 41. The van der Waals surface area contributed by atoms with Crippen molar-refractivity contribution in [1.29, 1.82) is 0 Å². The minimum Gasteiger partial charge on any atom is -0.394 e. The predicted molar refractivity (Wildman–Crippen MR) is 235 cm³/mol. The van der Waals surface area contributed by atoms with Crippen molar-refractivity contribution in [1.82, 2.24) is 5.32 Å². The zero-order valence-corrected chi connectivity index (χ0v) is 37.1. The van der Waals surface area contributed by atoms with Gasteiger partial charge in [0.15, 0.2) is 6.29 Å². The second kappa shape index (κ2) is 39.1. The highest BCUT2D eigenvalue weighted by atomic mass is 16.7. The number of aliphatic hydroxyl groups excluding tert-OH is 5. The maximum Gasteiger partial charge on any atom is 0.220 e. The zero-order chi connectivity index (χ0) is 41.6. The van der Waals surface area contributed by atoms with E-state index in [1.165, 1.54) is 173 Å². The second-order valence-corrected chi connectivity index (χ2v) is 17.3. The average Bonchev–Trinajstić information content (AvgIpc) is 3.21. The Balaban J connectivity index is 2.27. The Hall–Kier alpha value is -1.07. The van der Waals surface area contributed by atoms with Crippen LogP contribution >= 0.6 is 0 Å². The van der Waals surface area contributed by atoms with E-state index < -0.39 is 49.5 Å². The van der Waals surface area contributed by atoms with Crippen LogP contribution in [0.25, 0.3) is 0 Å². The summed E-state index contributed by atoms with van der Waals surface area (Å²) >= 11 is 0. The summed E-state index contributed by atoms with van der Waals surface area (Å²) in [4.78, 5) is 13.0. The Morgan fingerprint density at radius 1 is 0.579 bits per heavy atom. The van der Waals surface area contributed by atoms with Crippen LogP contribution < -0.4 is 5.32 Å². The molecule has 0 spiro atoms. The van der Waals surface area contributed by atoms with E-state index in [-0.39, 0.29) is 12.5 Å². The fourth-order valence-electron chi connectivity index (χ4n) is 7.92. The highest BCUT2D eigenvalue weighted by molar-refractivity contribution is 5.76. The van der Waals surface area contributed by atoms with Crippen molar-refractivity contribution in [3.05, 3.63) is 12.2 Å². The number of hydrogen-bond donors (Lipinski definition) is 6. The topological polar surface area (TPSA) is 149 Å². The lowest BCUT2D eigenvalue weighted by atomic mass is 9.99. The van der Waals surface area contributed by atoms with Crippen LogP contribution in [0, 0.1) is 0 Å². The molecule has 1 aliphatic rings. The van der Waals surface area contributed by atoms with Crippen molar-refractivity contribution >= 4 is 5.91 Å². The third-order valence-electron chi connectivity index (χ3n) is 11.9. The third-order valence-corrected chi connectivity index (χ3v) is 11.9. The molecule has 1 aliphatic heterocycles. The largest absolute Gasteiger partial charge is 0.394 e. The van der Waals surface area contributed by atoms with Gasteiger partial charge < -0.3 is 40.3 Å². The molecule has 0 bridgehead atoms. The highest BCUT2D eigenvalue weighted by Crippen LogP contribution is 2.23. The first kappa shape index (κ1) is 53.9. The second-order valence-electron chi connectivity index (χ2n) is 17.3. The van der Waals surface area contributed by atoms with E-state index in [4.69, 9.17) is 9.47 Å². The van der Waals surface area contributed by atoms with Crippen LogP contribution in [0.1, 0.15) is 232 Å². The standard InChI is InChI=1S/C48H93NO8/c1-3-5-7-9-11-13-15-17-18-19-20-21-22-23-24-26-28-30-32-34-36-38-44(52)49-41(40-56-48-47(55)46(54)45(53)43(39-50)57-48)42(51)37-35-33-31-29-27-25-16-14-12-10-8-6-4-2/h35,37,41-43,45-48,50-51,53-55H,3-34,36,38-40H2,1-2H3,(H,49,52)/t41-,42+,43+,45?,46-,47+,48+/m0/s1. The van der Waals surface area contributed by atoms with Gasteiger partial charge in [-0.1, -0.05) is 219 Å². The number of ether oxygens (including phenoxy) is 2. The molecule has 1 unspecified atom stereocenters. The van der Waals surface area contributed by atoms with Crippen LogP contribution in [-0.4, -0.2) is 87.5 Å². The molecule has 7 atom stereocenters. The quantitative estimate of drug-likeness (QED) is 0.0264. The van der Waals surface area contributed by atoms with E-state index in [9.17, 15) is 30.3 Å². The Kier molecular flexibility index (Phi) is 37.0. The summed E-state index contributed by atoms with van der Waals surface area (Å²) < 4.78 is 11.2. The smallest absolute Gasteiger partial charge is 0.220 e. The van der Waals surface area contributed by atoms with E-state index in [0.717, 1.165) is 38.5 Å². The van der Waals surface area contributed by atoms with Gasteiger partial charge in [0.25, 0.3) is 0 Å². The normalized spacial score (nSPS) is 21.0. The lowest BCUT2D eigenvalue weighted by Crippen LogP contribution is -2.60. The van der Waals surface area contributed by atoms with Crippen molar-refractivity contribution in [2.45, 2.75) is 275 Å². The first-order valence-corrected chi connectivity index (χ1v) is 24.4. The molecule has 9 nitrogen and oxygen atoms in total. The number of carbonyl (C=O) groups is 1. The lowest BCUT2D eigenvalue weighted by molar-refractivity contribution is -0.302. The van der Waals surface area contributed by atoms with Gasteiger partial charge in [-0.15, -0.1) is 0 Å². The molecule has 0 radical (unpaired) electrons. The van der Waals surface area contributed by atoms with Crippen LogP contribution in [0.3, 0.4) is 0 Å². The van der Waals surface area contributed by atoms with Gasteiger partial charge in [-0.05, 0) is 19.3 Å². The lowest BCUT2D eigenvalue weighted by Gasteiger charge is -2.40. The maximum atomic E-state index is 13.0. The minimum atomic E-state index is -1.56. The van der Waals surface area contributed by atoms with Gasteiger partial charge in [0.05, 0.1) is 25.4 Å². The summed E-state index contributed by atoms with van der Waals surface area (Å²) in [7, 11) is 0. The summed E-state index contributed by atoms with van der Waals surface area (Å²) in [5.74, 6) is -0.173. The van der Waals surface area contributed by atoms with Gasteiger partial charge in [-0.25, -0.2) is 0 Å². The molecule has 1 heterocycles. The summed E-state index contributed by atoms with van der Waals surface area (Å²) in [5, 5.41) is 54.2. The van der Waals surface area contributed by atoms with Crippen molar-refractivity contribution in [3.63, 3.8) is 0 Å². The van der Waals surface area contributed by atoms with Gasteiger partial charge in [0, 0.05) is 6.42 Å². The first-order valence-electron chi connectivity index (χ1n) is 24.4. The molecule has 57 heavy (non-hydrogen) atoms. The molecule has 1 rings (SSSR count). The highest BCUT2D eigenvalue weighted by Gasteiger charge is 2.44. The van der Waals surface area contributed by atoms with Crippen LogP contribution in [0.15, 0.2) is 12.2 Å². The molecule has 0 aromatic heterocycles. The van der Waals surface area contributed by atoms with E-state index in [0.29, 0.717) is 6.42 Å². The number of unbranched alkanes of at least 4 members (excludes halogenated alkanes) is 31. The van der Waals surface area contributed by atoms with Crippen molar-refractivity contribution < 1.29 is 39.8 Å². The monoisotopic (exact) mass is 812 g/mol. The third kappa shape index (κ3) is 29.7. The fraction of sp³-hybridized carbons (Fsp3) is 0.938. The number of nitrogens with one attached hydrogen (secondary N) is 1. The molecule has 1 saturated heterocycles. The predicted octanol–water partition coefficient (Wildman–Crippen LogP) is 10.5. The van der Waals surface area contributed by atoms with Crippen molar-refractivity contribution in [2.75, 3.05) is 13.2 Å². The van der Waals surface area contributed by atoms with Gasteiger partial charge in [0.1, 0.15) is 24.4 Å². The molecule has 1 amide bonds. The van der Waals surface area contributed by atoms with Crippen LogP contribution in [0.4, 0.5) is 0 Å². The maximum absolute atomic E-state index is 13.0. The number of carbonyl (C=O) groups excluding carboxylic acids is 1. The van der Waals surface area contributed by atoms with Gasteiger partial charge in [-0.3, -0.25) is 4.79 Å². The minimum absolute atomic E-state index is 0.173. The molecule has 0 saturated carbocycles. The Morgan fingerprint density at radius 3 is 1.37 bits per heavy atom. The Labute approximate surface area is 350 Å². The molecular weight excluding hydrogens is 719 g/mol. The van der Waals surface area contributed by atoms with Gasteiger partial charge in [0.2, 0.25) is 5.91 Å². The summed E-state index contributed by atoms with van der Waals surface area (Å²) in [6.45, 7) is 3.79. The van der Waals surface area contributed by atoms with E-state index >= 15 is 0 Å². The summed E-state index contributed by atoms with van der Waals surface area (Å²) in [6.07, 6.45) is 38.3. The summed E-state index contributed by atoms with van der Waals surface area (Å²) in [5.41, 5.74) is 0. The van der Waals surface area contributed by atoms with E-state index in [1.807, 2.05) is 6.08 Å². The van der Waals surface area contributed by atoms with Crippen LogP contribution in [-0.2, 0) is 14.3 Å². The summed E-state index contributed by atoms with van der Waals surface area (Å²) in [6, 6.07) is -0.798. The Morgan fingerprint density at radius 2 is 0.965 bits per heavy atom. The zero-order valence-electron chi connectivity index (χ0n) is 37.1. The Bertz CT molecular complexity index is 904. The molecule has 6 N–H and O–H groups in total. The molecule has 9 heteroatoms. The van der Waals surface area contributed by atoms with Crippen LogP contribution in [0.2, 0.25) is 0 Å². The number of hydrogen-bond acceptors (Lipinski definition) is 8. The van der Waals surface area contributed by atoms with E-state index in [2.05, 4.69) is 19.2 Å². The molecule has 0 aromatic rings. The molecule has 338 valence electrons. The fourth-order valence-corrected chi connectivity index (χ4v) is 7.92. The van der Waals surface area contributed by atoms with Crippen molar-refractivity contribution in [2.24, 2.45) is 0 Å². The van der Waals surface area contributed by atoms with Gasteiger partial charge >= 0.3 is 0 Å². The van der Waals surface area contributed by atoms with Gasteiger partial charge in [-0.2, -0.15) is 0 Å². The number of amides is 1. The molecule has 0 aromatic carbocycles. The molecule has 1 fully saturated rings. The SMILES string of the molecule is CCCCCCCCCCCCCC=C[C@@H](O)[C@H](CO[C@@H]1O[C@H](CO)C(O)[C@H](O)[C@H]1O)NC(=O)CCCCCCCCCCCCCCCCCCCCCCC.